The molecule has 1 aromatic heterocycles. The molecule has 2 aromatic carbocycles. The third-order valence-corrected chi connectivity index (χ3v) is 3.13. The summed E-state index contributed by atoms with van der Waals surface area (Å²) in [4.78, 5) is 0. The first-order valence-corrected chi connectivity index (χ1v) is 6.34. The Morgan fingerprint density at radius 2 is 1.84 bits per heavy atom. The summed E-state index contributed by atoms with van der Waals surface area (Å²) in [5, 5.41) is 11.4. The molecule has 3 rings (SSSR count). The van der Waals surface area contributed by atoms with E-state index in [1.165, 1.54) is 10.7 Å². The smallest absolute Gasteiger partial charge is 0.187 e. The van der Waals surface area contributed by atoms with E-state index < -0.39 is 0 Å². The summed E-state index contributed by atoms with van der Waals surface area (Å²) < 4.78 is 16.0. The highest BCUT2D eigenvalue weighted by atomic mass is 79.9. The lowest BCUT2D eigenvalue weighted by molar-refractivity contribution is 0.607. The Kier molecular flexibility index (Phi) is 3.08. The number of rotatable bonds is 2. The maximum absolute atomic E-state index is 14.0. The van der Waals surface area contributed by atoms with Crippen LogP contribution >= 0.6 is 15.9 Å². The van der Waals surface area contributed by atoms with Crippen LogP contribution in [0.1, 0.15) is 0 Å². The predicted molar refractivity (Wildman–Crippen MR) is 72.2 cm³/mol. The summed E-state index contributed by atoms with van der Waals surface area (Å²) in [7, 11) is 0. The summed E-state index contributed by atoms with van der Waals surface area (Å²) in [6.45, 7) is 0. The molecular weight excluding hydrogens is 311 g/mol. The van der Waals surface area contributed by atoms with Crippen LogP contribution in [0.2, 0.25) is 0 Å². The first-order valence-electron chi connectivity index (χ1n) is 5.55. The second kappa shape index (κ2) is 4.89. The fraction of sp³-hybridized carbons (Fsp3) is 0. The molecule has 4 nitrogen and oxygen atoms in total. The van der Waals surface area contributed by atoms with E-state index >= 15 is 0 Å². The highest BCUT2D eigenvalue weighted by molar-refractivity contribution is 9.10. The van der Waals surface area contributed by atoms with E-state index in [9.17, 15) is 4.39 Å². The van der Waals surface area contributed by atoms with Gasteiger partial charge >= 0.3 is 0 Å². The zero-order valence-electron chi connectivity index (χ0n) is 9.66. The largest absolute Gasteiger partial charge is 0.205 e. The zero-order valence-corrected chi connectivity index (χ0v) is 11.2. The summed E-state index contributed by atoms with van der Waals surface area (Å²) >= 11 is 3.22. The topological polar surface area (TPSA) is 43.6 Å². The number of aromatic nitrogens is 4. The maximum atomic E-state index is 14.0. The van der Waals surface area contributed by atoms with Gasteiger partial charge in [0.25, 0.3) is 0 Å². The van der Waals surface area contributed by atoms with Crippen molar-refractivity contribution in [3.8, 4) is 17.1 Å². The van der Waals surface area contributed by atoms with Crippen molar-refractivity contribution in [3.05, 3.63) is 58.8 Å². The van der Waals surface area contributed by atoms with Crippen molar-refractivity contribution < 1.29 is 4.39 Å². The third-order valence-electron chi connectivity index (χ3n) is 2.64. The Bertz CT molecular complexity index is 712. The number of tetrazole rings is 1. The molecule has 0 spiro atoms. The molecule has 0 aliphatic carbocycles. The van der Waals surface area contributed by atoms with Gasteiger partial charge in [-0.15, -0.1) is 5.10 Å². The molecule has 0 N–H and O–H groups in total. The minimum atomic E-state index is -0.390. The fourth-order valence-corrected chi connectivity index (χ4v) is 2.10. The van der Waals surface area contributed by atoms with Gasteiger partial charge in [0.05, 0.1) is 0 Å². The molecule has 3 aromatic rings. The molecule has 0 radical (unpaired) electrons. The van der Waals surface area contributed by atoms with Crippen molar-refractivity contribution in [2.45, 2.75) is 0 Å². The van der Waals surface area contributed by atoms with Crippen LogP contribution < -0.4 is 0 Å². The van der Waals surface area contributed by atoms with Crippen LogP contribution in [-0.4, -0.2) is 20.2 Å². The van der Waals surface area contributed by atoms with Gasteiger partial charge in [-0.2, -0.15) is 4.68 Å². The van der Waals surface area contributed by atoms with E-state index in [-0.39, 0.29) is 5.82 Å². The first kappa shape index (κ1) is 12.0. The second-order valence-electron chi connectivity index (χ2n) is 3.88. The van der Waals surface area contributed by atoms with Gasteiger partial charge in [0, 0.05) is 10.0 Å². The summed E-state index contributed by atoms with van der Waals surface area (Å²) in [5.74, 6) is 0.112. The molecule has 0 fully saturated rings. The van der Waals surface area contributed by atoms with Gasteiger partial charge in [-0.3, -0.25) is 0 Å². The molecule has 6 heteroatoms. The van der Waals surface area contributed by atoms with Crippen LogP contribution in [0.3, 0.4) is 0 Å². The standard InChI is InChI=1S/C13H8BrFN4/c14-10-6-7-12(11(15)8-10)19-13(16-17-18-19)9-4-2-1-3-5-9/h1-8H. The predicted octanol–water partition coefficient (Wildman–Crippen LogP) is 3.23. The van der Waals surface area contributed by atoms with Gasteiger partial charge in [-0.1, -0.05) is 46.3 Å². The Balaban J connectivity index is 2.15. The lowest BCUT2D eigenvalue weighted by Gasteiger charge is -2.06. The molecule has 0 aliphatic heterocycles. The number of nitrogens with zero attached hydrogens (tertiary/aromatic N) is 4. The van der Waals surface area contributed by atoms with Crippen LogP contribution in [0.5, 0.6) is 0 Å². The van der Waals surface area contributed by atoms with E-state index in [4.69, 9.17) is 0 Å². The van der Waals surface area contributed by atoms with Gasteiger partial charge in [0.1, 0.15) is 11.5 Å². The average molecular weight is 319 g/mol. The van der Waals surface area contributed by atoms with Gasteiger partial charge in [0.2, 0.25) is 0 Å². The van der Waals surface area contributed by atoms with Crippen LogP contribution in [0.25, 0.3) is 17.1 Å². The first-order chi connectivity index (χ1) is 9.25. The quantitative estimate of drug-likeness (QED) is 0.728. The molecule has 19 heavy (non-hydrogen) atoms. The molecule has 0 atom stereocenters. The molecule has 0 aliphatic rings. The van der Waals surface area contributed by atoms with Crippen LogP contribution in [-0.2, 0) is 0 Å². The number of hydrogen-bond acceptors (Lipinski definition) is 3. The monoisotopic (exact) mass is 318 g/mol. The molecular formula is C13H8BrFN4. The van der Waals surface area contributed by atoms with Crippen molar-refractivity contribution in [1.29, 1.82) is 0 Å². The summed E-state index contributed by atoms with van der Waals surface area (Å²) in [6.07, 6.45) is 0. The molecule has 1 heterocycles. The van der Waals surface area contributed by atoms with E-state index in [1.807, 2.05) is 30.3 Å². The molecule has 94 valence electrons. The van der Waals surface area contributed by atoms with Crippen LogP contribution in [0.15, 0.2) is 53.0 Å². The maximum Gasteiger partial charge on any atom is 0.187 e. The molecule has 0 amide bonds. The highest BCUT2D eigenvalue weighted by Crippen LogP contribution is 2.22. The van der Waals surface area contributed by atoms with Crippen molar-refractivity contribution >= 4 is 15.9 Å². The van der Waals surface area contributed by atoms with Crippen LogP contribution in [0, 0.1) is 5.82 Å². The Morgan fingerprint density at radius 1 is 1.05 bits per heavy atom. The number of halogens is 2. The van der Waals surface area contributed by atoms with Gasteiger partial charge < -0.3 is 0 Å². The van der Waals surface area contributed by atoms with Gasteiger partial charge in [0.15, 0.2) is 5.82 Å². The third kappa shape index (κ3) is 2.26. The summed E-state index contributed by atoms with van der Waals surface area (Å²) in [6, 6.07) is 14.2. The Morgan fingerprint density at radius 3 is 2.58 bits per heavy atom. The van der Waals surface area contributed by atoms with Crippen molar-refractivity contribution in [2.24, 2.45) is 0 Å². The number of benzene rings is 2. The van der Waals surface area contributed by atoms with Gasteiger partial charge in [-0.05, 0) is 28.6 Å². The van der Waals surface area contributed by atoms with E-state index in [0.29, 0.717) is 16.0 Å². The highest BCUT2D eigenvalue weighted by Gasteiger charge is 2.13. The lowest BCUT2D eigenvalue weighted by Crippen LogP contribution is -2.02. The van der Waals surface area contributed by atoms with E-state index in [2.05, 4.69) is 31.5 Å². The minimum absolute atomic E-state index is 0.312. The van der Waals surface area contributed by atoms with E-state index in [1.54, 1.807) is 12.1 Å². The van der Waals surface area contributed by atoms with Crippen molar-refractivity contribution in [1.82, 2.24) is 20.2 Å². The SMILES string of the molecule is Fc1cc(Br)ccc1-n1nnnc1-c1ccccc1. The van der Waals surface area contributed by atoms with Crippen molar-refractivity contribution in [3.63, 3.8) is 0 Å². The van der Waals surface area contributed by atoms with Gasteiger partial charge in [-0.25, -0.2) is 4.39 Å². The molecule has 0 saturated heterocycles. The fourth-order valence-electron chi connectivity index (χ4n) is 1.77. The van der Waals surface area contributed by atoms with Crippen LogP contribution in [0.4, 0.5) is 4.39 Å². The summed E-state index contributed by atoms with van der Waals surface area (Å²) in [5.41, 5.74) is 1.14. The zero-order chi connectivity index (χ0) is 13.2. The number of hydrogen-bond donors (Lipinski definition) is 0. The normalized spacial score (nSPS) is 10.6. The molecule has 0 unspecified atom stereocenters. The molecule has 0 saturated carbocycles. The Hall–Kier alpha value is -2.08. The Labute approximate surface area is 117 Å². The average Bonchev–Trinajstić information content (AvgIpc) is 2.89. The molecule has 0 bridgehead atoms. The minimum Gasteiger partial charge on any atom is -0.205 e. The lowest BCUT2D eigenvalue weighted by atomic mass is 10.2. The second-order valence-corrected chi connectivity index (χ2v) is 4.79. The van der Waals surface area contributed by atoms with E-state index in [0.717, 1.165) is 5.56 Å². The van der Waals surface area contributed by atoms with Crippen molar-refractivity contribution in [2.75, 3.05) is 0 Å².